The predicted octanol–water partition coefficient (Wildman–Crippen LogP) is 1.96. The van der Waals surface area contributed by atoms with E-state index in [4.69, 9.17) is 0 Å². The van der Waals surface area contributed by atoms with Gasteiger partial charge < -0.3 is 5.32 Å². The van der Waals surface area contributed by atoms with Crippen LogP contribution in [0.1, 0.15) is 55.6 Å². The third-order valence-corrected chi connectivity index (χ3v) is 3.75. The van der Waals surface area contributed by atoms with Gasteiger partial charge in [-0.15, -0.1) is 0 Å². The van der Waals surface area contributed by atoms with Gasteiger partial charge in [0.25, 0.3) is 11.5 Å². The molecule has 2 aromatic heterocycles. The van der Waals surface area contributed by atoms with Gasteiger partial charge in [0.15, 0.2) is 5.82 Å². The highest BCUT2D eigenvalue weighted by Crippen LogP contribution is 2.12. The lowest BCUT2D eigenvalue weighted by atomic mass is 10.1. The maximum Gasteiger partial charge on any atom is 0.264 e. The number of aromatic amines is 1. The van der Waals surface area contributed by atoms with E-state index in [-0.39, 0.29) is 17.5 Å². The first-order valence-corrected chi connectivity index (χ1v) is 7.94. The number of hydrogen-bond donors (Lipinski definition) is 2. The number of rotatable bonds is 7. The molecule has 2 N–H and O–H groups in total. The number of aromatic nitrogens is 4. The SMILES string of the molecule is CCCCC[C@H](C)NC(=O)c1cnn(-c2ccc(=O)[nH]n2)c1C. The maximum absolute atomic E-state index is 12.4. The summed E-state index contributed by atoms with van der Waals surface area (Å²) >= 11 is 0. The van der Waals surface area contributed by atoms with Crippen molar-refractivity contribution in [3.8, 4) is 5.82 Å². The number of nitrogens with zero attached hydrogens (tertiary/aromatic N) is 3. The Hall–Kier alpha value is -2.44. The van der Waals surface area contributed by atoms with Crippen molar-refractivity contribution < 1.29 is 4.79 Å². The summed E-state index contributed by atoms with van der Waals surface area (Å²) in [6, 6.07) is 3.07. The molecule has 0 spiro atoms. The Bertz CT molecular complexity index is 699. The highest BCUT2D eigenvalue weighted by atomic mass is 16.1. The van der Waals surface area contributed by atoms with E-state index in [1.165, 1.54) is 29.8 Å². The van der Waals surface area contributed by atoms with Crippen LogP contribution in [0.2, 0.25) is 0 Å². The fourth-order valence-electron chi connectivity index (χ4n) is 2.39. The second-order valence-corrected chi connectivity index (χ2v) is 5.71. The summed E-state index contributed by atoms with van der Waals surface area (Å²) in [5.74, 6) is 0.333. The Kier molecular flexibility index (Phi) is 5.67. The van der Waals surface area contributed by atoms with Crippen molar-refractivity contribution in [1.29, 1.82) is 0 Å². The van der Waals surface area contributed by atoms with E-state index in [1.54, 1.807) is 13.0 Å². The molecule has 124 valence electrons. The number of hydrogen-bond acceptors (Lipinski definition) is 4. The number of nitrogens with one attached hydrogen (secondary N) is 2. The van der Waals surface area contributed by atoms with E-state index in [9.17, 15) is 9.59 Å². The van der Waals surface area contributed by atoms with Gasteiger partial charge in [-0.1, -0.05) is 26.2 Å². The van der Waals surface area contributed by atoms with Crippen LogP contribution in [0.15, 0.2) is 23.1 Å². The van der Waals surface area contributed by atoms with E-state index < -0.39 is 0 Å². The Morgan fingerprint density at radius 1 is 1.39 bits per heavy atom. The van der Waals surface area contributed by atoms with Crippen LogP contribution in [0.4, 0.5) is 0 Å². The summed E-state index contributed by atoms with van der Waals surface area (Å²) in [7, 11) is 0. The average Bonchev–Trinajstić information content (AvgIpc) is 2.90. The first-order chi connectivity index (χ1) is 11.0. The van der Waals surface area contributed by atoms with Crippen LogP contribution in [0.5, 0.6) is 0 Å². The van der Waals surface area contributed by atoms with Gasteiger partial charge in [-0.25, -0.2) is 9.78 Å². The van der Waals surface area contributed by atoms with Crippen molar-refractivity contribution in [2.45, 2.75) is 52.5 Å². The average molecular weight is 317 g/mol. The quantitative estimate of drug-likeness (QED) is 0.764. The molecule has 2 heterocycles. The second-order valence-electron chi connectivity index (χ2n) is 5.71. The van der Waals surface area contributed by atoms with Crippen LogP contribution in [0, 0.1) is 6.92 Å². The number of unbranched alkanes of at least 4 members (excludes halogenated alkanes) is 2. The Morgan fingerprint density at radius 3 is 2.83 bits per heavy atom. The lowest BCUT2D eigenvalue weighted by Gasteiger charge is -2.13. The molecule has 1 amide bonds. The summed E-state index contributed by atoms with van der Waals surface area (Å²) in [5, 5.41) is 13.5. The zero-order valence-electron chi connectivity index (χ0n) is 13.8. The summed E-state index contributed by atoms with van der Waals surface area (Å²) in [4.78, 5) is 23.4. The molecule has 0 bridgehead atoms. The molecule has 7 heteroatoms. The number of H-pyrrole nitrogens is 1. The molecule has 0 saturated carbocycles. The van der Waals surface area contributed by atoms with Crippen LogP contribution in [-0.4, -0.2) is 31.9 Å². The monoisotopic (exact) mass is 317 g/mol. The molecule has 0 radical (unpaired) electrons. The minimum absolute atomic E-state index is 0.128. The number of carbonyl (C=O) groups excluding carboxylic acids is 1. The summed E-state index contributed by atoms with van der Waals surface area (Å²) < 4.78 is 1.53. The Labute approximate surface area is 135 Å². The number of amides is 1. The molecule has 23 heavy (non-hydrogen) atoms. The van der Waals surface area contributed by atoms with Crippen molar-refractivity contribution in [3.63, 3.8) is 0 Å². The predicted molar refractivity (Wildman–Crippen MR) is 87.8 cm³/mol. The van der Waals surface area contributed by atoms with Crippen molar-refractivity contribution in [2.24, 2.45) is 0 Å². The highest BCUT2D eigenvalue weighted by Gasteiger charge is 2.17. The van der Waals surface area contributed by atoms with Gasteiger partial charge in [0.1, 0.15) is 0 Å². The standard InChI is InChI=1S/C16H23N5O2/c1-4-5-6-7-11(2)18-16(23)13-10-17-21(12(13)3)14-8-9-15(22)20-19-14/h8-11H,4-7H2,1-3H3,(H,18,23)(H,20,22)/t11-/m0/s1. The van der Waals surface area contributed by atoms with Crippen molar-refractivity contribution in [3.05, 3.63) is 39.9 Å². The van der Waals surface area contributed by atoms with Gasteiger partial charge >= 0.3 is 0 Å². The fourth-order valence-corrected chi connectivity index (χ4v) is 2.39. The van der Waals surface area contributed by atoms with Gasteiger partial charge in [0.05, 0.1) is 17.5 Å². The molecule has 0 aliphatic heterocycles. The third-order valence-electron chi connectivity index (χ3n) is 3.75. The van der Waals surface area contributed by atoms with Gasteiger partial charge in [-0.05, 0) is 26.3 Å². The van der Waals surface area contributed by atoms with E-state index >= 15 is 0 Å². The van der Waals surface area contributed by atoms with Crippen LogP contribution >= 0.6 is 0 Å². The maximum atomic E-state index is 12.4. The second kappa shape index (κ2) is 7.71. The smallest absolute Gasteiger partial charge is 0.264 e. The van der Waals surface area contributed by atoms with Gasteiger partial charge in [-0.2, -0.15) is 10.2 Å². The molecular weight excluding hydrogens is 294 g/mol. The van der Waals surface area contributed by atoms with Gasteiger partial charge in [0, 0.05) is 12.1 Å². The largest absolute Gasteiger partial charge is 0.349 e. The van der Waals surface area contributed by atoms with E-state index in [0.717, 1.165) is 12.8 Å². The molecule has 2 rings (SSSR count). The zero-order valence-corrected chi connectivity index (χ0v) is 13.8. The summed E-state index contributed by atoms with van der Waals surface area (Å²) in [6.07, 6.45) is 5.94. The van der Waals surface area contributed by atoms with E-state index in [1.807, 2.05) is 6.92 Å². The van der Waals surface area contributed by atoms with Crippen molar-refractivity contribution in [1.82, 2.24) is 25.3 Å². The highest BCUT2D eigenvalue weighted by molar-refractivity contribution is 5.95. The molecule has 0 fully saturated rings. The summed E-state index contributed by atoms with van der Waals surface area (Å²) in [6.45, 7) is 5.97. The molecule has 0 aliphatic carbocycles. The van der Waals surface area contributed by atoms with Crippen molar-refractivity contribution >= 4 is 5.91 Å². The third kappa shape index (κ3) is 4.28. The zero-order chi connectivity index (χ0) is 16.8. The Morgan fingerprint density at radius 2 is 2.17 bits per heavy atom. The number of carbonyl (C=O) groups is 1. The van der Waals surface area contributed by atoms with E-state index in [0.29, 0.717) is 17.1 Å². The molecule has 0 unspecified atom stereocenters. The van der Waals surface area contributed by atoms with Crippen LogP contribution in [-0.2, 0) is 0 Å². The van der Waals surface area contributed by atoms with Crippen LogP contribution in [0.3, 0.4) is 0 Å². The Balaban J connectivity index is 2.07. The van der Waals surface area contributed by atoms with Crippen LogP contribution < -0.4 is 10.9 Å². The summed E-state index contributed by atoms with van der Waals surface area (Å²) in [5.41, 5.74) is 0.917. The molecule has 2 aromatic rings. The minimum Gasteiger partial charge on any atom is -0.349 e. The molecule has 0 aliphatic rings. The molecule has 0 aromatic carbocycles. The topological polar surface area (TPSA) is 92.7 Å². The molecule has 7 nitrogen and oxygen atoms in total. The first kappa shape index (κ1) is 16.9. The first-order valence-electron chi connectivity index (χ1n) is 7.94. The molecule has 1 atom stereocenters. The minimum atomic E-state index is -0.280. The molecule has 0 saturated heterocycles. The van der Waals surface area contributed by atoms with E-state index in [2.05, 4.69) is 27.5 Å². The van der Waals surface area contributed by atoms with Gasteiger partial charge in [0.2, 0.25) is 0 Å². The normalized spacial score (nSPS) is 12.1. The van der Waals surface area contributed by atoms with Gasteiger partial charge in [-0.3, -0.25) is 9.59 Å². The lowest BCUT2D eigenvalue weighted by Crippen LogP contribution is -2.32. The van der Waals surface area contributed by atoms with Crippen LogP contribution in [0.25, 0.3) is 5.82 Å². The van der Waals surface area contributed by atoms with Crippen molar-refractivity contribution in [2.75, 3.05) is 0 Å². The lowest BCUT2D eigenvalue weighted by molar-refractivity contribution is 0.0937. The fraction of sp³-hybridized carbons (Fsp3) is 0.500. The molecular formula is C16H23N5O2.